The van der Waals surface area contributed by atoms with Crippen LogP contribution in [0.5, 0.6) is 0 Å². The smallest absolute Gasteiger partial charge is 0.310 e. The van der Waals surface area contributed by atoms with Crippen LogP contribution in [-0.4, -0.2) is 28.9 Å². The van der Waals surface area contributed by atoms with E-state index in [9.17, 15) is 4.79 Å². The van der Waals surface area contributed by atoms with E-state index in [-0.39, 0.29) is 18.0 Å². The van der Waals surface area contributed by atoms with Crippen LogP contribution >= 0.6 is 18.4 Å². The van der Waals surface area contributed by atoms with E-state index >= 15 is 0 Å². The topological polar surface area (TPSA) is 73.9 Å². The lowest BCUT2D eigenvalue weighted by molar-refractivity contribution is -0.115. The van der Waals surface area contributed by atoms with Crippen LogP contribution < -0.4 is 5.73 Å². The van der Waals surface area contributed by atoms with E-state index in [1.165, 1.54) is 11.8 Å². The highest BCUT2D eigenvalue weighted by Crippen LogP contribution is 2.53. The number of primary amides is 1. The predicted octanol–water partition coefficient (Wildman–Crippen LogP) is 3.73. The second-order valence-corrected chi connectivity index (χ2v) is 9.21. The fourth-order valence-corrected chi connectivity index (χ4v) is 5.72. The number of hydrogen-bond donors (Lipinski definition) is 1. The summed E-state index contributed by atoms with van der Waals surface area (Å²) in [4.78, 5) is 11.1. The number of benzene rings is 1. The van der Waals surface area contributed by atoms with E-state index in [2.05, 4.69) is 4.76 Å². The maximum atomic E-state index is 11.1. The summed E-state index contributed by atoms with van der Waals surface area (Å²) in [6.07, 6.45) is -0.219. The SMILES string of the molecule is CC(C)OP(=S)(/N=C(/SCC(N)=O)c1ccccc1)OC(C)C. The molecule has 1 aromatic rings. The fraction of sp³-hybridized carbons (Fsp3) is 0.467. The van der Waals surface area contributed by atoms with Crippen LogP contribution in [0.2, 0.25) is 0 Å². The second kappa shape index (κ2) is 9.55. The highest BCUT2D eigenvalue weighted by Gasteiger charge is 2.23. The molecule has 1 aromatic carbocycles. The molecule has 8 heteroatoms. The maximum absolute atomic E-state index is 11.1. The minimum Gasteiger partial charge on any atom is -0.369 e. The molecule has 0 aromatic heterocycles. The third kappa shape index (κ3) is 8.08. The molecule has 0 unspecified atom stereocenters. The van der Waals surface area contributed by atoms with Crippen molar-refractivity contribution < 1.29 is 13.8 Å². The molecule has 0 fully saturated rings. The first-order valence-corrected chi connectivity index (χ1v) is 10.8. The molecule has 0 radical (unpaired) electrons. The van der Waals surface area contributed by atoms with Crippen LogP contribution in [0, 0.1) is 0 Å². The second-order valence-electron chi connectivity index (χ2n) is 5.30. The summed E-state index contributed by atoms with van der Waals surface area (Å²) in [6, 6.07) is 9.50. The van der Waals surface area contributed by atoms with Gasteiger partial charge in [-0.15, -0.1) is 0 Å². The third-order valence-electron chi connectivity index (χ3n) is 2.27. The molecule has 0 aliphatic rings. The lowest BCUT2D eigenvalue weighted by atomic mass is 10.2. The number of rotatable bonds is 8. The number of amides is 1. The van der Waals surface area contributed by atoms with Crippen molar-refractivity contribution >= 4 is 41.2 Å². The van der Waals surface area contributed by atoms with Gasteiger partial charge in [0.1, 0.15) is 5.04 Å². The predicted molar refractivity (Wildman–Crippen MR) is 101 cm³/mol. The van der Waals surface area contributed by atoms with E-state index in [1.54, 1.807) is 0 Å². The molecule has 23 heavy (non-hydrogen) atoms. The zero-order valence-corrected chi connectivity index (χ0v) is 16.3. The van der Waals surface area contributed by atoms with Crippen molar-refractivity contribution in [1.29, 1.82) is 0 Å². The first-order valence-electron chi connectivity index (χ1n) is 7.25. The first-order chi connectivity index (χ1) is 10.7. The molecule has 0 aliphatic carbocycles. The molecule has 0 spiro atoms. The van der Waals surface area contributed by atoms with Crippen molar-refractivity contribution in [2.24, 2.45) is 10.5 Å². The highest BCUT2D eigenvalue weighted by molar-refractivity contribution is 8.16. The quantitative estimate of drug-likeness (QED) is 0.426. The highest BCUT2D eigenvalue weighted by atomic mass is 32.5. The Kier molecular flexibility index (Phi) is 8.44. The van der Waals surface area contributed by atoms with Crippen molar-refractivity contribution in [1.82, 2.24) is 0 Å². The van der Waals surface area contributed by atoms with Gasteiger partial charge in [0.15, 0.2) is 0 Å². The molecular formula is C15H23N2O3PS2. The van der Waals surface area contributed by atoms with Gasteiger partial charge in [0.05, 0.1) is 18.0 Å². The van der Waals surface area contributed by atoms with Gasteiger partial charge in [-0.25, -0.2) is 0 Å². The Morgan fingerprint density at radius 1 is 1.22 bits per heavy atom. The van der Waals surface area contributed by atoms with Gasteiger partial charge in [-0.05, 0) is 39.5 Å². The largest absolute Gasteiger partial charge is 0.369 e. The first kappa shape index (κ1) is 20.3. The Balaban J connectivity index is 3.20. The Hall–Kier alpha value is -0.720. The molecule has 2 N–H and O–H groups in total. The van der Waals surface area contributed by atoms with Gasteiger partial charge in [0.2, 0.25) is 5.91 Å². The summed E-state index contributed by atoms with van der Waals surface area (Å²) in [7, 11) is 0. The van der Waals surface area contributed by atoms with Crippen molar-refractivity contribution in [3.05, 3.63) is 35.9 Å². The number of nitrogens with two attached hydrogens (primary N) is 1. The molecule has 128 valence electrons. The summed E-state index contributed by atoms with van der Waals surface area (Å²) >= 11 is 6.80. The zero-order valence-electron chi connectivity index (χ0n) is 13.8. The minimum atomic E-state index is -2.86. The normalized spacial score (nSPS) is 12.9. The number of carbonyl (C=O) groups excluding carboxylic acids is 1. The summed E-state index contributed by atoms with van der Waals surface area (Å²) in [5, 5.41) is 0.606. The van der Waals surface area contributed by atoms with Crippen molar-refractivity contribution in [2.45, 2.75) is 39.9 Å². The monoisotopic (exact) mass is 374 g/mol. The molecule has 0 saturated heterocycles. The Morgan fingerprint density at radius 2 is 1.74 bits per heavy atom. The maximum Gasteiger partial charge on any atom is 0.310 e. The van der Waals surface area contributed by atoms with Crippen molar-refractivity contribution in [3.63, 3.8) is 0 Å². The van der Waals surface area contributed by atoms with Gasteiger partial charge in [0.25, 0.3) is 0 Å². The number of hydrogen-bond acceptors (Lipinski definition) is 5. The molecule has 5 nitrogen and oxygen atoms in total. The average Bonchev–Trinajstić information content (AvgIpc) is 2.42. The van der Waals surface area contributed by atoms with Gasteiger partial charge in [-0.2, -0.15) is 4.76 Å². The van der Waals surface area contributed by atoms with E-state index in [1.807, 2.05) is 58.0 Å². The Labute approximate surface area is 147 Å². The molecule has 0 atom stereocenters. The summed E-state index contributed by atoms with van der Waals surface area (Å²) in [5.74, 6) is -0.298. The van der Waals surface area contributed by atoms with E-state index in [0.717, 1.165) is 5.56 Å². The Morgan fingerprint density at radius 3 is 2.17 bits per heavy atom. The molecule has 1 amide bonds. The molecule has 0 saturated carbocycles. The van der Waals surface area contributed by atoms with Gasteiger partial charge >= 0.3 is 6.64 Å². The number of carbonyl (C=O) groups is 1. The molecule has 0 aliphatic heterocycles. The van der Waals surface area contributed by atoms with E-state index in [4.69, 9.17) is 26.6 Å². The fourth-order valence-electron chi connectivity index (χ4n) is 1.61. The van der Waals surface area contributed by atoms with E-state index < -0.39 is 12.5 Å². The summed E-state index contributed by atoms with van der Waals surface area (Å²) in [5.41, 5.74) is 6.10. The van der Waals surface area contributed by atoms with Gasteiger partial charge in [-0.1, -0.05) is 42.1 Å². The number of nitrogens with zero attached hydrogens (tertiary/aromatic N) is 1. The Bertz CT molecular complexity index is 578. The van der Waals surface area contributed by atoms with Crippen molar-refractivity contribution in [2.75, 3.05) is 5.75 Å². The van der Waals surface area contributed by atoms with Crippen LogP contribution in [-0.2, 0) is 25.6 Å². The van der Waals surface area contributed by atoms with Gasteiger partial charge in [0, 0.05) is 5.56 Å². The van der Waals surface area contributed by atoms with E-state index in [0.29, 0.717) is 5.04 Å². The van der Waals surface area contributed by atoms with Crippen LogP contribution in [0.1, 0.15) is 33.3 Å². The zero-order chi connectivity index (χ0) is 17.5. The van der Waals surface area contributed by atoms with Gasteiger partial charge < -0.3 is 14.8 Å². The van der Waals surface area contributed by atoms with Crippen molar-refractivity contribution in [3.8, 4) is 0 Å². The third-order valence-corrected chi connectivity index (χ3v) is 6.02. The average molecular weight is 374 g/mol. The van der Waals surface area contributed by atoms with Crippen LogP contribution in [0.3, 0.4) is 0 Å². The standard InChI is InChI=1S/C15H23N2O3PS2/c1-11(2)19-21(22,20-12(3)4)17-15(23-10-14(16)18)13-8-6-5-7-9-13/h5-9,11-12H,10H2,1-4H3,(H2,16,18)/b17-15+. The molecular weight excluding hydrogens is 351 g/mol. The molecule has 1 rings (SSSR count). The summed E-state index contributed by atoms with van der Waals surface area (Å²) in [6.45, 7) is 4.69. The molecule has 0 bridgehead atoms. The lowest BCUT2D eigenvalue weighted by Gasteiger charge is -2.23. The van der Waals surface area contributed by atoms with Crippen LogP contribution in [0.15, 0.2) is 35.1 Å². The lowest BCUT2D eigenvalue weighted by Crippen LogP contribution is -2.15. The van der Waals surface area contributed by atoms with Crippen LogP contribution in [0.25, 0.3) is 0 Å². The van der Waals surface area contributed by atoms with Crippen LogP contribution in [0.4, 0.5) is 0 Å². The molecule has 0 heterocycles. The number of thioether (sulfide) groups is 1. The van der Waals surface area contributed by atoms with Gasteiger partial charge in [-0.3, -0.25) is 4.79 Å². The minimum absolute atomic E-state index is 0.110. The summed E-state index contributed by atoms with van der Waals surface area (Å²) < 4.78 is 16.2.